The predicted molar refractivity (Wildman–Crippen MR) is 98.6 cm³/mol. The highest BCUT2D eigenvalue weighted by Crippen LogP contribution is 2.15. The van der Waals surface area contributed by atoms with E-state index in [9.17, 15) is 4.79 Å². The molecule has 7 heteroatoms. The van der Waals surface area contributed by atoms with Crippen molar-refractivity contribution in [1.29, 1.82) is 0 Å². The van der Waals surface area contributed by atoms with E-state index < -0.39 is 0 Å². The first-order valence-electron chi connectivity index (χ1n) is 9.18. The van der Waals surface area contributed by atoms with Gasteiger partial charge in [0.1, 0.15) is 0 Å². The van der Waals surface area contributed by atoms with E-state index in [2.05, 4.69) is 22.2 Å². The number of hydrogen-bond acceptors (Lipinski definition) is 4. The summed E-state index contributed by atoms with van der Waals surface area (Å²) in [4.78, 5) is 17.0. The van der Waals surface area contributed by atoms with E-state index in [1.807, 2.05) is 30.5 Å². The van der Waals surface area contributed by atoms with Gasteiger partial charge in [-0.15, -0.1) is 0 Å². The zero-order chi connectivity index (χ0) is 18.4. The molecule has 1 saturated heterocycles. The summed E-state index contributed by atoms with van der Waals surface area (Å²) in [6, 6.07) is 0.336. The number of hydrogen-bond donors (Lipinski definition) is 1. The molecule has 1 aliphatic heterocycles. The third kappa shape index (κ3) is 5.19. The monoisotopic (exact) mass is 351 g/mol. The molecule has 25 heavy (non-hydrogen) atoms. The van der Waals surface area contributed by atoms with Crippen LogP contribution in [0.5, 0.6) is 0 Å². The lowest BCUT2D eigenvalue weighted by Crippen LogP contribution is -2.46. The lowest BCUT2D eigenvalue weighted by molar-refractivity contribution is 0.144. The largest absolute Gasteiger partial charge is 0.383 e. The highest BCUT2D eigenvalue weighted by molar-refractivity contribution is 5.74. The second-order valence-electron chi connectivity index (χ2n) is 6.97. The molecule has 2 rings (SSSR count). The first kappa shape index (κ1) is 19.7. The molecule has 1 N–H and O–H groups in total. The number of aromatic nitrogens is 2. The molecule has 0 bridgehead atoms. The Morgan fingerprint density at radius 1 is 1.36 bits per heavy atom. The van der Waals surface area contributed by atoms with Crippen molar-refractivity contribution in [3.8, 4) is 0 Å². The topological polar surface area (TPSA) is 62.6 Å². The van der Waals surface area contributed by atoms with Gasteiger partial charge in [-0.2, -0.15) is 5.10 Å². The SMILES string of the molecule is COCCN(Cc1c(C)nn(C)c1C)C(=O)NC[C@@H](C)N1CCCC1. The Balaban J connectivity index is 1.96. The second-order valence-corrected chi connectivity index (χ2v) is 6.97. The molecule has 0 spiro atoms. The molecule has 2 amide bonds. The van der Waals surface area contributed by atoms with Gasteiger partial charge in [-0.1, -0.05) is 0 Å². The fourth-order valence-corrected chi connectivity index (χ4v) is 3.35. The molecule has 1 atom stereocenters. The third-order valence-electron chi connectivity index (χ3n) is 5.17. The van der Waals surface area contributed by atoms with Crippen LogP contribution < -0.4 is 5.32 Å². The van der Waals surface area contributed by atoms with Crippen LogP contribution in [0.15, 0.2) is 0 Å². The van der Waals surface area contributed by atoms with Gasteiger partial charge in [0.15, 0.2) is 0 Å². The Morgan fingerprint density at radius 3 is 2.60 bits per heavy atom. The van der Waals surface area contributed by atoms with Crippen molar-refractivity contribution in [2.45, 2.75) is 46.2 Å². The standard InChI is InChI=1S/C18H33N5O2/c1-14(22-8-6-7-9-22)12-19-18(24)23(10-11-25-5)13-17-15(2)20-21(4)16(17)3/h14H,6-13H2,1-5H3,(H,19,24)/t14-/m1/s1. The number of urea groups is 1. The van der Waals surface area contributed by atoms with E-state index >= 15 is 0 Å². The zero-order valence-corrected chi connectivity index (χ0v) is 16.3. The minimum Gasteiger partial charge on any atom is -0.383 e. The molecular formula is C18H33N5O2. The molecule has 142 valence electrons. The van der Waals surface area contributed by atoms with E-state index in [1.54, 1.807) is 7.11 Å². The van der Waals surface area contributed by atoms with E-state index in [4.69, 9.17) is 4.74 Å². The van der Waals surface area contributed by atoms with Crippen LogP contribution in [-0.4, -0.2) is 71.5 Å². The Morgan fingerprint density at radius 2 is 2.04 bits per heavy atom. The summed E-state index contributed by atoms with van der Waals surface area (Å²) in [7, 11) is 3.59. The minimum absolute atomic E-state index is 0.0363. The molecule has 0 radical (unpaired) electrons. The summed E-state index contributed by atoms with van der Waals surface area (Å²) < 4.78 is 7.05. The minimum atomic E-state index is -0.0363. The number of aryl methyl sites for hydroxylation is 2. The van der Waals surface area contributed by atoms with Gasteiger partial charge in [0, 0.05) is 44.5 Å². The van der Waals surface area contributed by atoms with Gasteiger partial charge in [0.05, 0.1) is 18.8 Å². The van der Waals surface area contributed by atoms with E-state index in [0.717, 1.165) is 30.0 Å². The van der Waals surface area contributed by atoms with Crippen LogP contribution in [0.3, 0.4) is 0 Å². The van der Waals surface area contributed by atoms with Crippen LogP contribution in [0, 0.1) is 13.8 Å². The molecule has 0 aromatic carbocycles. The van der Waals surface area contributed by atoms with Crippen LogP contribution in [0.2, 0.25) is 0 Å². The van der Waals surface area contributed by atoms with Gasteiger partial charge in [-0.25, -0.2) is 4.79 Å². The average molecular weight is 351 g/mol. The van der Waals surface area contributed by atoms with E-state index in [0.29, 0.717) is 32.3 Å². The number of nitrogens with one attached hydrogen (secondary N) is 1. The number of ether oxygens (including phenoxy) is 1. The van der Waals surface area contributed by atoms with Crippen LogP contribution >= 0.6 is 0 Å². The van der Waals surface area contributed by atoms with Crippen molar-refractivity contribution >= 4 is 6.03 Å². The van der Waals surface area contributed by atoms with Crippen LogP contribution in [0.25, 0.3) is 0 Å². The van der Waals surface area contributed by atoms with E-state index in [1.165, 1.54) is 12.8 Å². The highest BCUT2D eigenvalue weighted by Gasteiger charge is 2.21. The molecule has 1 aromatic rings. The number of methoxy groups -OCH3 is 1. The van der Waals surface area contributed by atoms with Crippen LogP contribution in [0.1, 0.15) is 36.7 Å². The summed E-state index contributed by atoms with van der Waals surface area (Å²) >= 11 is 0. The maximum atomic E-state index is 12.7. The van der Waals surface area contributed by atoms with Crippen LogP contribution in [-0.2, 0) is 18.3 Å². The second kappa shape index (κ2) is 9.20. The summed E-state index contributed by atoms with van der Waals surface area (Å²) in [5, 5.41) is 7.55. The first-order chi connectivity index (χ1) is 11.9. The Bertz CT molecular complexity index is 566. The first-order valence-corrected chi connectivity index (χ1v) is 9.18. The van der Waals surface area contributed by atoms with Gasteiger partial charge in [-0.05, 0) is 46.7 Å². The molecule has 0 aliphatic carbocycles. The van der Waals surface area contributed by atoms with Crippen molar-refractivity contribution < 1.29 is 9.53 Å². The molecular weight excluding hydrogens is 318 g/mol. The van der Waals surface area contributed by atoms with E-state index in [-0.39, 0.29) is 6.03 Å². The zero-order valence-electron chi connectivity index (χ0n) is 16.3. The third-order valence-corrected chi connectivity index (χ3v) is 5.17. The summed E-state index contributed by atoms with van der Waals surface area (Å²) in [6.45, 7) is 10.8. The normalized spacial score (nSPS) is 16.2. The lowest BCUT2D eigenvalue weighted by Gasteiger charge is -2.27. The Labute approximate surface area is 151 Å². The van der Waals surface area contributed by atoms with Gasteiger partial charge in [0.25, 0.3) is 0 Å². The van der Waals surface area contributed by atoms with Crippen molar-refractivity contribution in [3.05, 3.63) is 17.0 Å². The Hall–Kier alpha value is -1.60. The number of likely N-dealkylation sites (tertiary alicyclic amines) is 1. The molecule has 1 aliphatic rings. The van der Waals surface area contributed by atoms with Gasteiger partial charge in [0.2, 0.25) is 0 Å². The molecule has 0 saturated carbocycles. The maximum absolute atomic E-state index is 12.7. The van der Waals surface area contributed by atoms with Crippen molar-refractivity contribution in [2.24, 2.45) is 7.05 Å². The summed E-state index contributed by atoms with van der Waals surface area (Å²) in [5.41, 5.74) is 3.18. The Kier molecular flexibility index (Phi) is 7.25. The van der Waals surface area contributed by atoms with Crippen LogP contribution in [0.4, 0.5) is 4.79 Å². The summed E-state index contributed by atoms with van der Waals surface area (Å²) in [6.07, 6.45) is 2.52. The lowest BCUT2D eigenvalue weighted by atomic mass is 10.2. The molecule has 1 fully saturated rings. The van der Waals surface area contributed by atoms with Crippen molar-refractivity contribution in [1.82, 2.24) is 24.9 Å². The highest BCUT2D eigenvalue weighted by atomic mass is 16.5. The molecule has 0 unspecified atom stereocenters. The molecule has 1 aromatic heterocycles. The number of carbonyl (C=O) groups excluding carboxylic acids is 1. The van der Waals surface area contributed by atoms with Gasteiger partial charge < -0.3 is 15.0 Å². The number of nitrogens with zero attached hydrogens (tertiary/aromatic N) is 4. The average Bonchev–Trinajstić information content (AvgIpc) is 3.20. The molecule has 7 nitrogen and oxygen atoms in total. The smallest absolute Gasteiger partial charge is 0.317 e. The van der Waals surface area contributed by atoms with Gasteiger partial charge in [-0.3, -0.25) is 9.58 Å². The number of rotatable bonds is 8. The van der Waals surface area contributed by atoms with Crippen molar-refractivity contribution in [3.63, 3.8) is 0 Å². The maximum Gasteiger partial charge on any atom is 0.317 e. The quantitative estimate of drug-likeness (QED) is 0.774. The molecule has 2 heterocycles. The fourth-order valence-electron chi connectivity index (χ4n) is 3.35. The number of carbonyl (C=O) groups is 1. The summed E-state index contributed by atoms with van der Waals surface area (Å²) in [5.74, 6) is 0. The predicted octanol–water partition coefficient (Wildman–Crippen LogP) is 1.68. The van der Waals surface area contributed by atoms with Crippen molar-refractivity contribution in [2.75, 3.05) is 39.9 Å². The fraction of sp³-hybridized carbons (Fsp3) is 0.778. The van der Waals surface area contributed by atoms with Gasteiger partial charge >= 0.3 is 6.03 Å². The number of amides is 2.